The molecule has 0 saturated carbocycles. The van der Waals surface area contributed by atoms with Crippen molar-refractivity contribution in [3.05, 3.63) is 59.2 Å². The monoisotopic (exact) mass is 364 g/mol. The van der Waals surface area contributed by atoms with Crippen molar-refractivity contribution in [3.63, 3.8) is 0 Å². The first-order valence-electron chi connectivity index (χ1n) is 8.27. The van der Waals surface area contributed by atoms with E-state index in [9.17, 15) is 13.6 Å². The predicted molar refractivity (Wildman–Crippen MR) is 93.6 cm³/mol. The van der Waals surface area contributed by atoms with Crippen molar-refractivity contribution in [2.24, 2.45) is 0 Å². The highest BCUT2D eigenvalue weighted by atomic mass is 19.1. The maximum atomic E-state index is 13.8. The Balaban J connectivity index is 2.53. The highest BCUT2D eigenvalue weighted by molar-refractivity contribution is 5.69. The third-order valence-corrected chi connectivity index (χ3v) is 4.14. The largest absolute Gasteiger partial charge is 0.494 e. The van der Waals surface area contributed by atoms with E-state index in [1.807, 2.05) is 0 Å². The number of benzene rings is 2. The lowest BCUT2D eigenvalue weighted by Gasteiger charge is -2.26. The molecule has 2 aromatic rings. The number of ether oxygens (including phenoxy) is 3. The van der Waals surface area contributed by atoms with Crippen LogP contribution in [0, 0.1) is 11.6 Å². The van der Waals surface area contributed by atoms with Crippen LogP contribution < -0.4 is 9.47 Å². The van der Waals surface area contributed by atoms with Crippen LogP contribution in [-0.2, 0) is 9.53 Å². The highest BCUT2D eigenvalue weighted by Gasteiger charge is 2.26. The summed E-state index contributed by atoms with van der Waals surface area (Å²) in [7, 11) is 2.75. The summed E-state index contributed by atoms with van der Waals surface area (Å²) in [6.07, 6.45) is -0.330. The fourth-order valence-electron chi connectivity index (χ4n) is 2.83. The molecule has 4 nitrogen and oxygen atoms in total. The maximum absolute atomic E-state index is 13.8. The molecule has 1 atom stereocenters. The second-order valence-corrected chi connectivity index (χ2v) is 5.81. The van der Waals surface area contributed by atoms with Crippen LogP contribution in [0.25, 0.3) is 0 Å². The predicted octanol–water partition coefficient (Wildman–Crippen LogP) is 4.46. The van der Waals surface area contributed by atoms with E-state index in [1.165, 1.54) is 26.4 Å². The zero-order valence-corrected chi connectivity index (χ0v) is 15.2. The van der Waals surface area contributed by atoms with Crippen molar-refractivity contribution in [1.29, 1.82) is 0 Å². The van der Waals surface area contributed by atoms with Crippen LogP contribution >= 0.6 is 0 Å². The Bertz CT molecular complexity index is 723. The summed E-state index contributed by atoms with van der Waals surface area (Å²) in [5.74, 6) is -1.64. The molecule has 0 aliphatic heterocycles. The zero-order valence-electron chi connectivity index (χ0n) is 15.2. The lowest BCUT2D eigenvalue weighted by molar-refractivity contribution is -0.148. The molecular weight excluding hydrogens is 342 g/mol. The minimum absolute atomic E-state index is 0.0793. The first-order valence-corrected chi connectivity index (χ1v) is 8.27. The first kappa shape index (κ1) is 19.7. The van der Waals surface area contributed by atoms with E-state index in [2.05, 4.69) is 0 Å². The number of esters is 1. The molecule has 0 fully saturated rings. The van der Waals surface area contributed by atoms with Crippen LogP contribution in [0.4, 0.5) is 8.78 Å². The third kappa shape index (κ3) is 4.31. The van der Waals surface area contributed by atoms with E-state index in [0.717, 1.165) is 0 Å². The molecule has 1 unspecified atom stereocenters. The van der Waals surface area contributed by atoms with Gasteiger partial charge in [0, 0.05) is 12.3 Å². The lowest BCUT2D eigenvalue weighted by Crippen LogP contribution is -2.23. The fraction of sp³-hybridized carbons (Fsp3) is 0.350. The molecule has 0 saturated heterocycles. The van der Waals surface area contributed by atoms with Crippen molar-refractivity contribution in [1.82, 2.24) is 0 Å². The van der Waals surface area contributed by atoms with Crippen LogP contribution in [0.2, 0.25) is 0 Å². The van der Waals surface area contributed by atoms with Crippen molar-refractivity contribution in [3.8, 4) is 11.5 Å². The molecule has 0 radical (unpaired) electrons. The summed E-state index contributed by atoms with van der Waals surface area (Å²) in [6, 6.07) is 8.86. The van der Waals surface area contributed by atoms with Gasteiger partial charge in [-0.2, -0.15) is 0 Å². The van der Waals surface area contributed by atoms with Crippen LogP contribution in [0.3, 0.4) is 0 Å². The number of hydrogen-bond acceptors (Lipinski definition) is 4. The first-order chi connectivity index (χ1) is 12.4. The number of methoxy groups -OCH3 is 2. The van der Waals surface area contributed by atoms with Crippen molar-refractivity contribution >= 4 is 5.97 Å². The van der Waals surface area contributed by atoms with E-state index >= 15 is 0 Å². The Hall–Kier alpha value is -2.63. The summed E-state index contributed by atoms with van der Waals surface area (Å²) in [6.45, 7) is 3.44. The summed E-state index contributed by atoms with van der Waals surface area (Å²) in [4.78, 5) is 11.8. The molecule has 26 heavy (non-hydrogen) atoms. The third-order valence-electron chi connectivity index (χ3n) is 4.14. The molecule has 0 spiro atoms. The molecular formula is C20H22F2O4. The van der Waals surface area contributed by atoms with E-state index < -0.39 is 23.7 Å². The number of rotatable bonds is 7. The van der Waals surface area contributed by atoms with Gasteiger partial charge in [0.25, 0.3) is 0 Å². The normalized spacial score (nSPS) is 12.0. The van der Waals surface area contributed by atoms with Gasteiger partial charge in [0.05, 0.1) is 14.2 Å². The number of carbonyl (C=O) groups excluding carboxylic acids is 1. The standard InChI is InChI=1S/C20H22F2O4/c1-5-19(23)26-12(2)20(13-6-8-15(21)17(10-13)24-3)14-7-9-16(22)18(11-14)25-4/h6-12,20H,5H2,1-4H3. The van der Waals surface area contributed by atoms with E-state index in [1.54, 1.807) is 38.1 Å². The van der Waals surface area contributed by atoms with Gasteiger partial charge in [0.15, 0.2) is 23.1 Å². The molecule has 6 heteroatoms. The summed E-state index contributed by atoms with van der Waals surface area (Å²) in [5.41, 5.74) is 1.35. The van der Waals surface area contributed by atoms with E-state index in [4.69, 9.17) is 14.2 Å². The second-order valence-electron chi connectivity index (χ2n) is 5.81. The highest BCUT2D eigenvalue weighted by Crippen LogP contribution is 2.35. The molecule has 2 rings (SSSR count). The van der Waals surface area contributed by atoms with Crippen molar-refractivity contribution < 1.29 is 27.8 Å². The Morgan fingerprint density at radius 2 is 1.42 bits per heavy atom. The van der Waals surface area contributed by atoms with Crippen molar-refractivity contribution in [2.75, 3.05) is 14.2 Å². The van der Waals surface area contributed by atoms with Gasteiger partial charge in [-0.05, 0) is 42.3 Å². The SMILES string of the molecule is CCC(=O)OC(C)C(c1ccc(F)c(OC)c1)c1ccc(F)c(OC)c1. The van der Waals surface area contributed by atoms with Crippen molar-refractivity contribution in [2.45, 2.75) is 32.3 Å². The summed E-state index contributed by atoms with van der Waals surface area (Å²) >= 11 is 0. The number of carbonyl (C=O) groups is 1. The number of halogens is 2. The average Bonchev–Trinajstić information content (AvgIpc) is 2.64. The Labute approximate surface area is 151 Å². The van der Waals surface area contributed by atoms with Gasteiger partial charge in [-0.25, -0.2) is 8.78 Å². The fourth-order valence-corrected chi connectivity index (χ4v) is 2.83. The molecule has 2 aromatic carbocycles. The van der Waals surface area contributed by atoms with Crippen LogP contribution in [-0.4, -0.2) is 26.3 Å². The van der Waals surface area contributed by atoms with Gasteiger partial charge in [0.2, 0.25) is 0 Å². The molecule has 0 aliphatic carbocycles. The van der Waals surface area contributed by atoms with Gasteiger partial charge in [-0.3, -0.25) is 4.79 Å². The van der Waals surface area contributed by atoms with Gasteiger partial charge in [-0.15, -0.1) is 0 Å². The molecule has 0 heterocycles. The van der Waals surface area contributed by atoms with Gasteiger partial charge >= 0.3 is 5.97 Å². The molecule has 0 bridgehead atoms. The Morgan fingerprint density at radius 3 is 1.81 bits per heavy atom. The Kier molecular flexibility index (Phi) is 6.55. The van der Waals surface area contributed by atoms with Gasteiger partial charge in [0.1, 0.15) is 6.10 Å². The number of hydrogen-bond donors (Lipinski definition) is 0. The summed E-state index contributed by atoms with van der Waals surface area (Å²) in [5, 5.41) is 0. The molecule has 140 valence electrons. The quantitative estimate of drug-likeness (QED) is 0.681. The van der Waals surface area contributed by atoms with E-state index in [-0.39, 0.29) is 23.9 Å². The minimum atomic E-state index is -0.562. The second kappa shape index (κ2) is 8.65. The molecule has 0 aliphatic rings. The molecule has 0 aromatic heterocycles. The van der Waals surface area contributed by atoms with Crippen LogP contribution in [0.1, 0.15) is 37.3 Å². The molecule has 0 N–H and O–H groups in total. The zero-order chi connectivity index (χ0) is 19.3. The summed E-state index contributed by atoms with van der Waals surface area (Å²) < 4.78 is 43.2. The van der Waals surface area contributed by atoms with Crippen LogP contribution in [0.15, 0.2) is 36.4 Å². The van der Waals surface area contributed by atoms with Crippen LogP contribution in [0.5, 0.6) is 11.5 Å². The van der Waals surface area contributed by atoms with Gasteiger partial charge in [-0.1, -0.05) is 19.1 Å². The smallest absolute Gasteiger partial charge is 0.305 e. The minimum Gasteiger partial charge on any atom is -0.494 e. The van der Waals surface area contributed by atoms with E-state index in [0.29, 0.717) is 11.1 Å². The van der Waals surface area contributed by atoms with Gasteiger partial charge < -0.3 is 14.2 Å². The lowest BCUT2D eigenvalue weighted by atomic mass is 9.86. The Morgan fingerprint density at radius 1 is 0.962 bits per heavy atom. The topological polar surface area (TPSA) is 44.8 Å². The molecule has 0 amide bonds. The maximum Gasteiger partial charge on any atom is 0.305 e. The average molecular weight is 364 g/mol.